The summed E-state index contributed by atoms with van der Waals surface area (Å²) in [5.41, 5.74) is 2.01. The molecule has 1 atom stereocenters. The van der Waals surface area contributed by atoms with Gasteiger partial charge in [-0.3, -0.25) is 4.68 Å². The summed E-state index contributed by atoms with van der Waals surface area (Å²) < 4.78 is 7.56. The van der Waals surface area contributed by atoms with Gasteiger partial charge in [0.15, 0.2) is 0 Å². The van der Waals surface area contributed by atoms with Crippen LogP contribution in [-0.2, 0) is 13.5 Å². The molecule has 0 aliphatic carbocycles. The largest absolute Gasteiger partial charge is 0.493 e. The highest BCUT2D eigenvalue weighted by Gasteiger charge is 2.10. The zero-order valence-corrected chi connectivity index (χ0v) is 11.4. The van der Waals surface area contributed by atoms with Crippen molar-refractivity contribution in [3.63, 3.8) is 0 Å². The van der Waals surface area contributed by atoms with Gasteiger partial charge in [-0.2, -0.15) is 5.10 Å². The van der Waals surface area contributed by atoms with E-state index in [4.69, 9.17) is 4.74 Å². The topological polar surface area (TPSA) is 47.3 Å². The molecule has 102 valence electrons. The normalized spacial score (nSPS) is 12.4. The van der Waals surface area contributed by atoms with Gasteiger partial charge in [0.05, 0.1) is 18.9 Å². The van der Waals surface area contributed by atoms with E-state index in [-0.39, 0.29) is 0 Å². The zero-order valence-electron chi connectivity index (χ0n) is 11.4. The number of aromatic nitrogens is 2. The van der Waals surface area contributed by atoms with E-state index >= 15 is 0 Å². The maximum absolute atomic E-state index is 9.94. The molecule has 1 aromatic carbocycles. The summed E-state index contributed by atoms with van der Waals surface area (Å²) >= 11 is 0. The number of nitrogens with zero attached hydrogens (tertiary/aromatic N) is 2. The minimum Gasteiger partial charge on any atom is -0.493 e. The fourth-order valence-corrected chi connectivity index (χ4v) is 1.99. The van der Waals surface area contributed by atoms with Gasteiger partial charge in [-0.05, 0) is 18.1 Å². The van der Waals surface area contributed by atoms with Crippen LogP contribution in [0.4, 0.5) is 0 Å². The van der Waals surface area contributed by atoms with Gasteiger partial charge in [0.25, 0.3) is 0 Å². The summed E-state index contributed by atoms with van der Waals surface area (Å²) in [6.07, 6.45) is 4.86. The molecule has 1 N–H and O–H groups in total. The van der Waals surface area contributed by atoms with E-state index < -0.39 is 6.10 Å². The summed E-state index contributed by atoms with van der Waals surface area (Å²) in [7, 11) is 1.90. The molecule has 0 saturated carbocycles. The fourth-order valence-electron chi connectivity index (χ4n) is 1.99. The minimum absolute atomic E-state index is 0.463. The first-order valence-electron chi connectivity index (χ1n) is 6.58. The van der Waals surface area contributed by atoms with Crippen molar-refractivity contribution >= 4 is 0 Å². The average Bonchev–Trinajstić information content (AvgIpc) is 2.84. The highest BCUT2D eigenvalue weighted by molar-refractivity contribution is 5.35. The second-order valence-corrected chi connectivity index (χ2v) is 4.58. The summed E-state index contributed by atoms with van der Waals surface area (Å²) in [5.74, 6) is 0.765. The number of benzene rings is 1. The number of aliphatic hydroxyl groups is 1. The van der Waals surface area contributed by atoms with Gasteiger partial charge in [-0.1, -0.05) is 25.1 Å². The van der Waals surface area contributed by atoms with Crippen molar-refractivity contribution in [2.24, 2.45) is 7.05 Å². The summed E-state index contributed by atoms with van der Waals surface area (Å²) in [4.78, 5) is 0. The van der Waals surface area contributed by atoms with Crippen LogP contribution < -0.4 is 4.74 Å². The van der Waals surface area contributed by atoms with Gasteiger partial charge in [-0.15, -0.1) is 0 Å². The van der Waals surface area contributed by atoms with Crippen LogP contribution in [-0.4, -0.2) is 21.5 Å². The van der Waals surface area contributed by atoms with Crippen LogP contribution in [0.3, 0.4) is 0 Å². The lowest BCUT2D eigenvalue weighted by Crippen LogP contribution is -2.05. The molecule has 0 amide bonds. The zero-order chi connectivity index (χ0) is 13.7. The van der Waals surface area contributed by atoms with Crippen molar-refractivity contribution in [1.82, 2.24) is 9.78 Å². The Labute approximate surface area is 113 Å². The molecule has 0 bridgehead atoms. The third kappa shape index (κ3) is 3.58. The molecule has 2 aromatic rings. The Morgan fingerprint density at radius 2 is 2.16 bits per heavy atom. The smallest absolute Gasteiger partial charge is 0.125 e. The van der Waals surface area contributed by atoms with E-state index in [9.17, 15) is 5.11 Å². The first-order valence-corrected chi connectivity index (χ1v) is 6.58. The second kappa shape index (κ2) is 6.38. The Kier molecular flexibility index (Phi) is 4.58. The number of ether oxygens (including phenoxy) is 1. The summed E-state index contributed by atoms with van der Waals surface area (Å²) in [6, 6.07) is 7.65. The van der Waals surface area contributed by atoms with Gasteiger partial charge in [0, 0.05) is 25.2 Å². The van der Waals surface area contributed by atoms with Crippen molar-refractivity contribution in [3.05, 3.63) is 47.8 Å². The van der Waals surface area contributed by atoms with Crippen LogP contribution in [0.1, 0.15) is 30.6 Å². The summed E-state index contributed by atoms with van der Waals surface area (Å²) in [6.45, 7) is 2.54. The number of aliphatic hydroxyl groups excluding tert-OH is 1. The van der Waals surface area contributed by atoms with Crippen molar-refractivity contribution in [3.8, 4) is 5.75 Å². The Hall–Kier alpha value is -1.81. The van der Waals surface area contributed by atoms with Gasteiger partial charge < -0.3 is 9.84 Å². The van der Waals surface area contributed by atoms with Crippen LogP contribution in [0, 0.1) is 0 Å². The number of rotatable bonds is 6. The Bertz CT molecular complexity index is 522. The third-order valence-electron chi connectivity index (χ3n) is 3.07. The van der Waals surface area contributed by atoms with Gasteiger partial charge in [-0.25, -0.2) is 0 Å². The molecule has 0 saturated heterocycles. The quantitative estimate of drug-likeness (QED) is 0.868. The van der Waals surface area contributed by atoms with Gasteiger partial charge >= 0.3 is 0 Å². The predicted octanol–water partition coefficient (Wildman–Crippen LogP) is 2.49. The van der Waals surface area contributed by atoms with Crippen LogP contribution in [0.5, 0.6) is 5.75 Å². The van der Waals surface area contributed by atoms with Crippen LogP contribution in [0.15, 0.2) is 36.7 Å². The molecular formula is C15H20N2O2. The molecule has 19 heavy (non-hydrogen) atoms. The first kappa shape index (κ1) is 13.6. The molecule has 0 spiro atoms. The SMILES string of the molecule is CC[C@@H](O)c1ccccc1OCCc1cnn(C)c1. The molecule has 0 aliphatic rings. The van der Waals surface area contributed by atoms with E-state index in [2.05, 4.69) is 5.10 Å². The molecule has 4 nitrogen and oxygen atoms in total. The van der Waals surface area contributed by atoms with Crippen molar-refractivity contribution < 1.29 is 9.84 Å². The lowest BCUT2D eigenvalue weighted by Gasteiger charge is -2.14. The number of hydrogen-bond donors (Lipinski definition) is 1. The Morgan fingerprint density at radius 3 is 2.84 bits per heavy atom. The number of hydrogen-bond acceptors (Lipinski definition) is 3. The van der Waals surface area contributed by atoms with Crippen LogP contribution in [0.25, 0.3) is 0 Å². The van der Waals surface area contributed by atoms with Crippen molar-refractivity contribution in [2.75, 3.05) is 6.61 Å². The number of para-hydroxylation sites is 1. The standard InChI is InChI=1S/C15H20N2O2/c1-3-14(18)13-6-4-5-7-15(13)19-9-8-12-10-16-17(2)11-12/h4-7,10-11,14,18H,3,8-9H2,1-2H3/t14-/m1/s1. The minimum atomic E-state index is -0.463. The molecule has 4 heteroatoms. The van der Waals surface area contributed by atoms with Crippen molar-refractivity contribution in [2.45, 2.75) is 25.9 Å². The van der Waals surface area contributed by atoms with E-state index in [0.29, 0.717) is 13.0 Å². The maximum atomic E-state index is 9.94. The highest BCUT2D eigenvalue weighted by atomic mass is 16.5. The van der Waals surface area contributed by atoms with Crippen LogP contribution in [0.2, 0.25) is 0 Å². The molecule has 0 fully saturated rings. The van der Waals surface area contributed by atoms with Gasteiger partial charge in [0.1, 0.15) is 5.75 Å². The molecule has 2 rings (SSSR count). The van der Waals surface area contributed by atoms with E-state index in [1.807, 2.05) is 50.6 Å². The summed E-state index contributed by atoms with van der Waals surface area (Å²) in [5, 5.41) is 14.1. The molecule has 1 aromatic heterocycles. The lowest BCUT2D eigenvalue weighted by molar-refractivity contribution is 0.167. The van der Waals surface area contributed by atoms with E-state index in [0.717, 1.165) is 23.3 Å². The number of aryl methyl sites for hydroxylation is 1. The third-order valence-corrected chi connectivity index (χ3v) is 3.07. The Balaban J connectivity index is 1.95. The van der Waals surface area contributed by atoms with E-state index in [1.54, 1.807) is 4.68 Å². The first-order chi connectivity index (χ1) is 9.20. The highest BCUT2D eigenvalue weighted by Crippen LogP contribution is 2.26. The van der Waals surface area contributed by atoms with Crippen molar-refractivity contribution in [1.29, 1.82) is 0 Å². The second-order valence-electron chi connectivity index (χ2n) is 4.58. The molecule has 0 radical (unpaired) electrons. The average molecular weight is 260 g/mol. The predicted molar refractivity (Wildman–Crippen MR) is 74.1 cm³/mol. The monoisotopic (exact) mass is 260 g/mol. The molecular weight excluding hydrogens is 240 g/mol. The fraction of sp³-hybridized carbons (Fsp3) is 0.400. The Morgan fingerprint density at radius 1 is 1.37 bits per heavy atom. The maximum Gasteiger partial charge on any atom is 0.125 e. The molecule has 0 unspecified atom stereocenters. The molecule has 0 aliphatic heterocycles. The lowest BCUT2D eigenvalue weighted by atomic mass is 10.1. The van der Waals surface area contributed by atoms with Crippen LogP contribution >= 0.6 is 0 Å². The molecule has 1 heterocycles. The van der Waals surface area contributed by atoms with E-state index in [1.165, 1.54) is 0 Å². The van der Waals surface area contributed by atoms with Gasteiger partial charge in [0.2, 0.25) is 0 Å².